The van der Waals surface area contributed by atoms with Crippen LogP contribution in [0.2, 0.25) is 0 Å². The molecule has 96 valence electrons. The Bertz CT molecular complexity index is 419. The zero-order chi connectivity index (χ0) is 12.8. The third kappa shape index (κ3) is 3.49. The fourth-order valence-corrected chi connectivity index (χ4v) is 2.60. The van der Waals surface area contributed by atoms with E-state index in [4.69, 9.17) is 24.4 Å². The standard InChI is InChI=1S/C13H22N2S2/c1-4-6-7-8-9-15(3)11-10(14-5-2)12(16)13(11)17/h14H,4-9H2,1-3H3. The van der Waals surface area contributed by atoms with Gasteiger partial charge in [-0.25, -0.2) is 0 Å². The van der Waals surface area contributed by atoms with E-state index < -0.39 is 0 Å². The molecule has 4 heteroatoms. The second-order valence-electron chi connectivity index (χ2n) is 4.39. The van der Waals surface area contributed by atoms with Gasteiger partial charge in [-0.2, -0.15) is 0 Å². The van der Waals surface area contributed by atoms with E-state index in [1.165, 1.54) is 25.7 Å². The zero-order valence-corrected chi connectivity index (χ0v) is 12.6. The maximum atomic E-state index is 5.32. The SMILES string of the molecule is CCCCCCN(C)c1c(NCC)c(=S)c1=S. The summed E-state index contributed by atoms with van der Waals surface area (Å²) >= 11 is 10.6. The second-order valence-corrected chi connectivity index (χ2v) is 5.21. The molecular formula is C13H22N2S2. The number of hydrogen-bond acceptors (Lipinski definition) is 4. The van der Waals surface area contributed by atoms with Crippen LogP contribution in [0.3, 0.4) is 0 Å². The molecule has 0 saturated carbocycles. The van der Waals surface area contributed by atoms with Gasteiger partial charge in [0.05, 0.1) is 20.4 Å². The number of nitrogens with zero attached hydrogens (tertiary/aromatic N) is 1. The van der Waals surface area contributed by atoms with Gasteiger partial charge in [-0.05, 0) is 13.3 Å². The average Bonchev–Trinajstić information content (AvgIpc) is 2.33. The van der Waals surface area contributed by atoms with Crippen molar-refractivity contribution in [3.05, 3.63) is 9.02 Å². The van der Waals surface area contributed by atoms with Crippen LogP contribution in [0.15, 0.2) is 0 Å². The first-order valence-electron chi connectivity index (χ1n) is 6.41. The van der Waals surface area contributed by atoms with Crippen LogP contribution in [-0.4, -0.2) is 20.1 Å². The molecule has 0 saturated heterocycles. The molecule has 0 aliphatic heterocycles. The Kier molecular flexibility index (Phi) is 6.06. The molecule has 0 bridgehead atoms. The summed E-state index contributed by atoms with van der Waals surface area (Å²) in [6.07, 6.45) is 5.11. The molecule has 0 aromatic heterocycles. The summed E-state index contributed by atoms with van der Waals surface area (Å²) in [7, 11) is 2.10. The third-order valence-corrected chi connectivity index (χ3v) is 3.90. The van der Waals surface area contributed by atoms with E-state index in [1.807, 2.05) is 0 Å². The molecule has 0 unspecified atom stereocenters. The third-order valence-electron chi connectivity index (χ3n) is 2.97. The van der Waals surface area contributed by atoms with Crippen LogP contribution in [0.1, 0.15) is 39.5 Å². The highest BCUT2D eigenvalue weighted by Gasteiger charge is 2.17. The lowest BCUT2D eigenvalue weighted by atomic mass is 10.1. The average molecular weight is 270 g/mol. The van der Waals surface area contributed by atoms with Crippen molar-refractivity contribution >= 4 is 35.8 Å². The van der Waals surface area contributed by atoms with Crippen LogP contribution in [-0.2, 0) is 0 Å². The first kappa shape index (κ1) is 14.6. The predicted molar refractivity (Wildman–Crippen MR) is 82.1 cm³/mol. The van der Waals surface area contributed by atoms with Crippen molar-refractivity contribution in [1.82, 2.24) is 0 Å². The van der Waals surface area contributed by atoms with Crippen LogP contribution < -0.4 is 10.2 Å². The summed E-state index contributed by atoms with van der Waals surface area (Å²) in [5.74, 6) is 0. The van der Waals surface area contributed by atoms with E-state index in [1.54, 1.807) is 0 Å². The Labute approximate surface area is 115 Å². The minimum atomic E-state index is 0.831. The summed E-state index contributed by atoms with van der Waals surface area (Å²) in [5, 5.41) is 3.30. The van der Waals surface area contributed by atoms with Gasteiger partial charge in [-0.15, -0.1) is 0 Å². The molecule has 0 spiro atoms. The van der Waals surface area contributed by atoms with Gasteiger partial charge < -0.3 is 10.2 Å². The fraction of sp³-hybridized carbons (Fsp3) is 0.692. The maximum Gasteiger partial charge on any atom is 0.0834 e. The summed E-state index contributed by atoms with van der Waals surface area (Å²) < 4.78 is 1.69. The van der Waals surface area contributed by atoms with Gasteiger partial charge >= 0.3 is 0 Å². The van der Waals surface area contributed by atoms with E-state index in [0.717, 1.165) is 33.5 Å². The van der Waals surface area contributed by atoms with Crippen molar-refractivity contribution in [1.29, 1.82) is 0 Å². The molecule has 1 N–H and O–H groups in total. The molecule has 0 aliphatic rings. The molecule has 0 aliphatic carbocycles. The van der Waals surface area contributed by atoms with E-state index >= 15 is 0 Å². The van der Waals surface area contributed by atoms with Crippen LogP contribution >= 0.6 is 24.4 Å². The second kappa shape index (κ2) is 7.07. The molecular weight excluding hydrogens is 248 g/mol. The van der Waals surface area contributed by atoms with E-state index in [-0.39, 0.29) is 0 Å². The van der Waals surface area contributed by atoms with Crippen molar-refractivity contribution in [2.24, 2.45) is 0 Å². The molecule has 1 aromatic carbocycles. The summed E-state index contributed by atoms with van der Waals surface area (Å²) in [6.45, 7) is 6.27. The summed E-state index contributed by atoms with van der Waals surface area (Å²) in [6, 6.07) is 0. The number of unbranched alkanes of at least 4 members (excludes halogenated alkanes) is 3. The molecule has 1 aromatic rings. The minimum Gasteiger partial charge on any atom is -0.382 e. The van der Waals surface area contributed by atoms with Gasteiger partial charge in [0, 0.05) is 20.1 Å². The molecule has 17 heavy (non-hydrogen) atoms. The summed E-state index contributed by atoms with van der Waals surface area (Å²) in [4.78, 5) is 2.24. The van der Waals surface area contributed by atoms with Gasteiger partial charge in [-0.1, -0.05) is 50.6 Å². The lowest BCUT2D eigenvalue weighted by Gasteiger charge is -2.25. The molecule has 0 amide bonds. The molecule has 0 fully saturated rings. The van der Waals surface area contributed by atoms with Crippen molar-refractivity contribution < 1.29 is 0 Å². The number of hydrogen-bond donors (Lipinski definition) is 1. The smallest absolute Gasteiger partial charge is 0.0834 e. The Morgan fingerprint density at radius 2 is 1.76 bits per heavy atom. The molecule has 0 radical (unpaired) electrons. The highest BCUT2D eigenvalue weighted by Crippen LogP contribution is 2.35. The molecule has 0 atom stereocenters. The quantitative estimate of drug-likeness (QED) is 0.553. The Balaban J connectivity index is 2.57. The van der Waals surface area contributed by atoms with Gasteiger partial charge in [-0.3, -0.25) is 0 Å². The summed E-state index contributed by atoms with van der Waals surface area (Å²) in [5.41, 5.74) is 2.22. The zero-order valence-electron chi connectivity index (χ0n) is 11.0. The van der Waals surface area contributed by atoms with Crippen LogP contribution in [0.4, 0.5) is 11.4 Å². The van der Waals surface area contributed by atoms with Gasteiger partial charge in [0.1, 0.15) is 0 Å². The number of anilines is 2. The maximum absolute atomic E-state index is 5.32. The first-order valence-corrected chi connectivity index (χ1v) is 7.23. The lowest BCUT2D eigenvalue weighted by Crippen LogP contribution is -2.22. The van der Waals surface area contributed by atoms with Crippen molar-refractivity contribution in [3.8, 4) is 0 Å². The highest BCUT2D eigenvalue weighted by molar-refractivity contribution is 7.74. The Morgan fingerprint density at radius 1 is 1.06 bits per heavy atom. The van der Waals surface area contributed by atoms with Crippen LogP contribution in [0, 0.1) is 9.02 Å². The van der Waals surface area contributed by atoms with Crippen LogP contribution in [0.25, 0.3) is 0 Å². The largest absolute Gasteiger partial charge is 0.382 e. The van der Waals surface area contributed by atoms with E-state index in [9.17, 15) is 0 Å². The van der Waals surface area contributed by atoms with Crippen molar-refractivity contribution in [2.75, 3.05) is 30.4 Å². The van der Waals surface area contributed by atoms with Gasteiger partial charge in [0.25, 0.3) is 0 Å². The Hall–Kier alpha value is -0.480. The fourth-order valence-electron chi connectivity index (χ4n) is 1.97. The van der Waals surface area contributed by atoms with Gasteiger partial charge in [0.15, 0.2) is 0 Å². The monoisotopic (exact) mass is 270 g/mol. The number of rotatable bonds is 8. The van der Waals surface area contributed by atoms with E-state index in [0.29, 0.717) is 0 Å². The van der Waals surface area contributed by atoms with E-state index in [2.05, 4.69) is 31.1 Å². The normalized spacial score (nSPS) is 10.8. The topological polar surface area (TPSA) is 15.3 Å². The van der Waals surface area contributed by atoms with Crippen molar-refractivity contribution in [3.63, 3.8) is 0 Å². The van der Waals surface area contributed by atoms with Gasteiger partial charge in [0.2, 0.25) is 0 Å². The first-order chi connectivity index (χ1) is 8.13. The van der Waals surface area contributed by atoms with Crippen LogP contribution in [0.5, 0.6) is 0 Å². The molecule has 0 heterocycles. The highest BCUT2D eigenvalue weighted by atomic mass is 32.1. The predicted octanol–water partition coefficient (Wildman–Crippen LogP) is 4.47. The van der Waals surface area contributed by atoms with Crippen molar-refractivity contribution in [2.45, 2.75) is 39.5 Å². The molecule has 2 nitrogen and oxygen atoms in total. The number of nitrogens with one attached hydrogen (secondary N) is 1. The lowest BCUT2D eigenvalue weighted by molar-refractivity contribution is 0.661. The minimum absolute atomic E-state index is 0.831. The Morgan fingerprint density at radius 3 is 2.35 bits per heavy atom. The molecule has 1 rings (SSSR count).